The lowest BCUT2D eigenvalue weighted by Crippen LogP contribution is -2.35. The van der Waals surface area contributed by atoms with E-state index in [1.165, 1.54) is 6.07 Å². The summed E-state index contributed by atoms with van der Waals surface area (Å²) in [5.41, 5.74) is 7.26. The lowest BCUT2D eigenvalue weighted by atomic mass is 9.73. The maximum atomic E-state index is 12.8. The molecule has 1 fully saturated rings. The summed E-state index contributed by atoms with van der Waals surface area (Å²) >= 11 is 3.59. The molecule has 0 aliphatic heterocycles. The molecule has 5 atom stereocenters. The van der Waals surface area contributed by atoms with Crippen LogP contribution in [0.5, 0.6) is 0 Å². The number of carbonyl (C=O) groups excluding carboxylic acids is 1. The van der Waals surface area contributed by atoms with Crippen LogP contribution in [-0.2, 0) is 11.0 Å². The molecular formula is C22H19BrF3N5O. The molecular weight excluding hydrogens is 487 g/mol. The number of aromatic nitrogens is 4. The fourth-order valence-corrected chi connectivity index (χ4v) is 6.03. The van der Waals surface area contributed by atoms with Gasteiger partial charge >= 0.3 is 6.18 Å². The number of imidazole rings is 1. The summed E-state index contributed by atoms with van der Waals surface area (Å²) in [6.07, 6.45) is 3.47. The van der Waals surface area contributed by atoms with Crippen LogP contribution in [0.15, 0.2) is 41.2 Å². The van der Waals surface area contributed by atoms with Gasteiger partial charge in [0.2, 0.25) is 5.91 Å². The Hall–Kier alpha value is -2.75. The number of pyridine rings is 2. The molecule has 3 aromatic rings. The van der Waals surface area contributed by atoms with Crippen LogP contribution in [0.4, 0.5) is 13.2 Å². The largest absolute Gasteiger partial charge is 0.433 e. The van der Waals surface area contributed by atoms with E-state index in [1.54, 1.807) is 6.20 Å². The van der Waals surface area contributed by atoms with Crippen LogP contribution >= 0.6 is 15.9 Å². The molecule has 3 N–H and O–H groups in total. The fourth-order valence-electron chi connectivity index (χ4n) is 5.37. The van der Waals surface area contributed by atoms with Gasteiger partial charge < -0.3 is 10.7 Å². The number of amides is 1. The molecule has 5 rings (SSSR count). The van der Waals surface area contributed by atoms with E-state index in [9.17, 15) is 18.0 Å². The van der Waals surface area contributed by atoms with Crippen LogP contribution in [0.1, 0.15) is 30.5 Å². The van der Waals surface area contributed by atoms with Gasteiger partial charge in [-0.3, -0.25) is 9.78 Å². The third kappa shape index (κ3) is 3.32. The molecule has 6 nitrogen and oxygen atoms in total. The summed E-state index contributed by atoms with van der Waals surface area (Å²) < 4.78 is 39.3. The number of allylic oxidation sites excluding steroid dienone is 2. The summed E-state index contributed by atoms with van der Waals surface area (Å²) in [6, 6.07) is 2.25. The van der Waals surface area contributed by atoms with Crippen molar-refractivity contribution in [1.29, 1.82) is 0 Å². The van der Waals surface area contributed by atoms with Gasteiger partial charge in [-0.25, -0.2) is 9.97 Å². The highest BCUT2D eigenvalue weighted by Crippen LogP contribution is 2.54. The number of carbonyl (C=O) groups is 1. The molecule has 10 heteroatoms. The van der Waals surface area contributed by atoms with Gasteiger partial charge in [0.15, 0.2) is 5.65 Å². The zero-order valence-electron chi connectivity index (χ0n) is 16.9. The number of nitrogens with two attached hydrogens (primary N) is 1. The van der Waals surface area contributed by atoms with Crippen LogP contribution in [0.25, 0.3) is 22.6 Å². The monoisotopic (exact) mass is 505 g/mol. The van der Waals surface area contributed by atoms with Gasteiger partial charge in [0.1, 0.15) is 11.5 Å². The molecule has 1 amide bonds. The number of alkyl halides is 3. The van der Waals surface area contributed by atoms with Crippen molar-refractivity contribution in [3.05, 3.63) is 52.4 Å². The fraction of sp³-hybridized carbons (Fsp3) is 0.364. The van der Waals surface area contributed by atoms with Gasteiger partial charge in [0.25, 0.3) is 0 Å². The minimum absolute atomic E-state index is 0.0358. The zero-order valence-corrected chi connectivity index (χ0v) is 18.5. The highest BCUT2D eigenvalue weighted by atomic mass is 79.9. The minimum Gasteiger partial charge on any atom is -0.369 e. The Kier molecular flexibility index (Phi) is 4.88. The highest BCUT2D eigenvalue weighted by Gasteiger charge is 2.50. The Balaban J connectivity index is 1.56. The molecule has 1 saturated carbocycles. The quantitative estimate of drug-likeness (QED) is 0.496. The van der Waals surface area contributed by atoms with Crippen LogP contribution in [0.2, 0.25) is 0 Å². The molecule has 2 bridgehead atoms. The van der Waals surface area contributed by atoms with Gasteiger partial charge in [0.05, 0.1) is 5.52 Å². The Labute approximate surface area is 189 Å². The molecule has 3 heterocycles. The van der Waals surface area contributed by atoms with Crippen molar-refractivity contribution in [2.75, 3.05) is 0 Å². The predicted octanol–water partition coefficient (Wildman–Crippen LogP) is 4.83. The van der Waals surface area contributed by atoms with Crippen molar-refractivity contribution in [3.8, 4) is 11.4 Å². The lowest BCUT2D eigenvalue weighted by molar-refractivity contribution is -0.141. The normalized spacial score (nSPS) is 25.5. The van der Waals surface area contributed by atoms with Gasteiger partial charge in [-0.1, -0.05) is 19.1 Å². The Morgan fingerprint density at radius 1 is 1.22 bits per heavy atom. The number of nitrogens with zero attached hydrogens (tertiary/aromatic N) is 3. The summed E-state index contributed by atoms with van der Waals surface area (Å²) in [6.45, 7) is 2.06. The van der Waals surface area contributed by atoms with Crippen molar-refractivity contribution >= 4 is 33.0 Å². The van der Waals surface area contributed by atoms with E-state index >= 15 is 0 Å². The molecule has 0 spiro atoms. The number of rotatable bonds is 4. The Morgan fingerprint density at radius 2 is 1.97 bits per heavy atom. The number of aromatic amines is 1. The summed E-state index contributed by atoms with van der Waals surface area (Å²) in [5.74, 6) is 0.286. The predicted molar refractivity (Wildman–Crippen MR) is 115 cm³/mol. The minimum atomic E-state index is -4.51. The molecule has 0 saturated heterocycles. The van der Waals surface area contributed by atoms with Crippen molar-refractivity contribution in [1.82, 2.24) is 19.9 Å². The Bertz CT molecular complexity index is 1240. The third-order valence-electron chi connectivity index (χ3n) is 6.72. The number of hydrogen-bond donors (Lipinski definition) is 2. The van der Waals surface area contributed by atoms with E-state index in [0.29, 0.717) is 22.6 Å². The maximum absolute atomic E-state index is 12.8. The van der Waals surface area contributed by atoms with E-state index in [-0.39, 0.29) is 35.5 Å². The summed E-state index contributed by atoms with van der Waals surface area (Å²) in [5, 5.41) is 0. The number of primary amides is 1. The molecule has 3 aromatic heterocycles. The van der Waals surface area contributed by atoms with Gasteiger partial charge in [-0.15, -0.1) is 0 Å². The van der Waals surface area contributed by atoms with Gasteiger partial charge in [-0.2, -0.15) is 13.2 Å². The number of nitrogens with one attached hydrogen (secondary N) is 1. The topological polar surface area (TPSA) is 97.6 Å². The standard InChI is InChI=1S/C22H19BrF3N5O/c1-9(15-10-2-3-11(6-10)17(15)19(27)32)16-13(23)8-29-21-18(16)30-20(31-21)12-4-5-14(28-7-12)22(24,25)26/h2-5,7-11,15,17H,6H2,1H3,(H2,27,32)(H,29,30,31). The maximum Gasteiger partial charge on any atom is 0.433 e. The summed E-state index contributed by atoms with van der Waals surface area (Å²) in [7, 11) is 0. The average Bonchev–Trinajstić information content (AvgIpc) is 3.46. The number of fused-ring (bicyclic) bond motifs is 3. The molecule has 5 unspecified atom stereocenters. The van der Waals surface area contributed by atoms with E-state index in [0.717, 1.165) is 28.7 Å². The van der Waals surface area contributed by atoms with Crippen LogP contribution in [-0.4, -0.2) is 25.8 Å². The van der Waals surface area contributed by atoms with Crippen LogP contribution < -0.4 is 5.73 Å². The number of halogens is 4. The molecule has 2 aliphatic carbocycles. The zero-order chi connectivity index (χ0) is 22.8. The molecule has 0 radical (unpaired) electrons. The number of H-pyrrole nitrogens is 1. The smallest absolute Gasteiger partial charge is 0.369 e. The Morgan fingerprint density at radius 3 is 2.62 bits per heavy atom. The van der Waals surface area contributed by atoms with Crippen LogP contribution in [0.3, 0.4) is 0 Å². The molecule has 166 valence electrons. The van der Waals surface area contributed by atoms with Crippen molar-refractivity contribution in [2.45, 2.75) is 25.4 Å². The molecule has 2 aliphatic rings. The summed E-state index contributed by atoms with van der Waals surface area (Å²) in [4.78, 5) is 27.8. The van der Waals surface area contributed by atoms with E-state index in [4.69, 9.17) is 5.73 Å². The highest BCUT2D eigenvalue weighted by molar-refractivity contribution is 9.10. The lowest BCUT2D eigenvalue weighted by Gasteiger charge is -2.31. The SMILES string of the molecule is CC(c1c(Br)cnc2nc(-c3ccc(C(F)(F)F)nc3)[nH]c12)C1C2C=CC(C2)C1C(N)=O. The van der Waals surface area contributed by atoms with Gasteiger partial charge in [0, 0.05) is 28.3 Å². The van der Waals surface area contributed by atoms with E-state index in [1.807, 2.05) is 0 Å². The first kappa shape index (κ1) is 21.1. The van der Waals surface area contributed by atoms with E-state index < -0.39 is 11.9 Å². The second kappa shape index (κ2) is 7.40. The van der Waals surface area contributed by atoms with Crippen molar-refractivity contribution in [2.24, 2.45) is 29.4 Å². The first-order valence-electron chi connectivity index (χ1n) is 10.2. The first-order valence-corrected chi connectivity index (χ1v) is 11.0. The third-order valence-corrected chi connectivity index (χ3v) is 7.35. The molecule has 32 heavy (non-hydrogen) atoms. The second-order valence-electron chi connectivity index (χ2n) is 8.48. The van der Waals surface area contributed by atoms with Crippen LogP contribution in [0, 0.1) is 23.7 Å². The first-order chi connectivity index (χ1) is 15.1. The van der Waals surface area contributed by atoms with Gasteiger partial charge in [-0.05, 0) is 63.7 Å². The average molecular weight is 506 g/mol. The van der Waals surface area contributed by atoms with E-state index in [2.05, 4.69) is 54.9 Å². The molecule has 0 aromatic carbocycles. The second-order valence-corrected chi connectivity index (χ2v) is 9.33. The number of hydrogen-bond acceptors (Lipinski definition) is 4. The van der Waals surface area contributed by atoms with Crippen molar-refractivity contribution in [3.63, 3.8) is 0 Å². The van der Waals surface area contributed by atoms with Crippen molar-refractivity contribution < 1.29 is 18.0 Å².